The fourth-order valence-corrected chi connectivity index (χ4v) is 4.98. The summed E-state index contributed by atoms with van der Waals surface area (Å²) >= 11 is 0. The van der Waals surface area contributed by atoms with Gasteiger partial charge in [0.05, 0.1) is 36.9 Å². The molecule has 37 heavy (non-hydrogen) atoms. The topological polar surface area (TPSA) is 97.6 Å². The van der Waals surface area contributed by atoms with Crippen molar-refractivity contribution in [3.8, 4) is 5.82 Å². The van der Waals surface area contributed by atoms with Crippen molar-refractivity contribution in [1.29, 1.82) is 0 Å². The summed E-state index contributed by atoms with van der Waals surface area (Å²) < 4.78 is 40.2. The molecule has 0 bridgehead atoms. The minimum Gasteiger partial charge on any atom is -0.383 e. The summed E-state index contributed by atoms with van der Waals surface area (Å²) in [6.45, 7) is 5.16. The van der Waals surface area contributed by atoms with Crippen LogP contribution in [0.2, 0.25) is 0 Å². The second-order valence-corrected chi connectivity index (χ2v) is 9.25. The Bertz CT molecular complexity index is 1250. The molecule has 2 aliphatic rings. The molecular weight excluding hydrogens is 484 g/mol. The highest BCUT2D eigenvalue weighted by Crippen LogP contribution is 2.29. The first kappa shape index (κ1) is 25.3. The fourth-order valence-electron chi connectivity index (χ4n) is 4.98. The van der Waals surface area contributed by atoms with E-state index in [-0.39, 0.29) is 23.7 Å². The van der Waals surface area contributed by atoms with E-state index in [9.17, 15) is 13.6 Å². The minimum absolute atomic E-state index is 0.0313. The van der Waals surface area contributed by atoms with Crippen molar-refractivity contribution in [3.05, 3.63) is 36.2 Å². The Morgan fingerprint density at radius 3 is 2.68 bits per heavy atom. The summed E-state index contributed by atoms with van der Waals surface area (Å²) in [5, 5.41) is 3.13. The third-order valence-corrected chi connectivity index (χ3v) is 6.78. The highest BCUT2D eigenvalue weighted by molar-refractivity contribution is 5.84. The van der Waals surface area contributed by atoms with Gasteiger partial charge in [-0.15, -0.1) is 0 Å². The van der Waals surface area contributed by atoms with Gasteiger partial charge in [-0.25, -0.2) is 13.8 Å². The highest BCUT2D eigenvalue weighted by Gasteiger charge is 2.32. The molecule has 12 heteroatoms. The lowest BCUT2D eigenvalue weighted by molar-refractivity contribution is -0.133. The zero-order chi connectivity index (χ0) is 25.9. The van der Waals surface area contributed by atoms with Gasteiger partial charge in [0, 0.05) is 32.8 Å². The standard InChI is InChI=1S/C25H31F2N7O3/c1-16(24(35)33-9-5-6-17(33)15-36-2)28-25-30-20(32-10-12-37-13-11-32)14-21(31-25)34-19-8-4-3-7-18(19)29-23(34)22(26)27/h3-4,7-8,14,16-17,22H,5-6,9-13,15H2,1-2H3,(H,28,30,31)/t16-,17+/m0/s1. The molecule has 2 aliphatic heterocycles. The molecule has 5 rings (SSSR count). The van der Waals surface area contributed by atoms with Crippen LogP contribution in [0.3, 0.4) is 0 Å². The van der Waals surface area contributed by atoms with Crippen LogP contribution in [0.25, 0.3) is 16.9 Å². The van der Waals surface area contributed by atoms with Gasteiger partial charge < -0.3 is 24.6 Å². The lowest BCUT2D eigenvalue weighted by atomic mass is 10.2. The van der Waals surface area contributed by atoms with Crippen LogP contribution in [-0.2, 0) is 14.3 Å². The number of hydrogen-bond donors (Lipinski definition) is 1. The fraction of sp³-hybridized carbons (Fsp3) is 0.520. The number of hydrogen-bond acceptors (Lipinski definition) is 8. The van der Waals surface area contributed by atoms with Crippen molar-refractivity contribution in [2.24, 2.45) is 0 Å². The van der Waals surface area contributed by atoms with Crippen molar-refractivity contribution in [2.75, 3.05) is 56.8 Å². The first-order valence-electron chi connectivity index (χ1n) is 12.5. The number of anilines is 2. The predicted octanol–water partition coefficient (Wildman–Crippen LogP) is 3.03. The molecule has 4 heterocycles. The lowest BCUT2D eigenvalue weighted by Gasteiger charge is -2.29. The van der Waals surface area contributed by atoms with E-state index in [0.29, 0.717) is 56.3 Å². The van der Waals surface area contributed by atoms with Crippen LogP contribution in [0.1, 0.15) is 32.0 Å². The molecule has 198 valence electrons. The number of nitrogens with one attached hydrogen (secondary N) is 1. The summed E-state index contributed by atoms with van der Waals surface area (Å²) in [6.07, 6.45) is -0.994. The van der Waals surface area contributed by atoms with Crippen LogP contribution in [0, 0.1) is 0 Å². The van der Waals surface area contributed by atoms with Gasteiger partial charge >= 0.3 is 0 Å². The number of rotatable bonds is 8. The number of alkyl halides is 2. The Hall–Kier alpha value is -3.38. The van der Waals surface area contributed by atoms with Crippen molar-refractivity contribution in [1.82, 2.24) is 24.4 Å². The molecule has 2 atom stereocenters. The molecule has 0 unspecified atom stereocenters. The third kappa shape index (κ3) is 5.21. The van der Waals surface area contributed by atoms with Crippen molar-refractivity contribution in [3.63, 3.8) is 0 Å². The van der Waals surface area contributed by atoms with Crippen molar-refractivity contribution < 1.29 is 23.0 Å². The van der Waals surface area contributed by atoms with Gasteiger partial charge in [-0.3, -0.25) is 9.36 Å². The van der Waals surface area contributed by atoms with Crippen LogP contribution >= 0.6 is 0 Å². The van der Waals surface area contributed by atoms with Gasteiger partial charge in [-0.2, -0.15) is 9.97 Å². The van der Waals surface area contributed by atoms with Crippen LogP contribution < -0.4 is 10.2 Å². The van der Waals surface area contributed by atoms with E-state index in [1.54, 1.807) is 44.4 Å². The summed E-state index contributed by atoms with van der Waals surface area (Å²) in [5.41, 5.74) is 0.958. The normalized spacial score (nSPS) is 19.1. The molecular formula is C25H31F2N7O3. The number of imidazole rings is 1. The zero-order valence-electron chi connectivity index (χ0n) is 20.9. The van der Waals surface area contributed by atoms with Crippen LogP contribution in [-0.4, -0.2) is 89.0 Å². The number of methoxy groups -OCH3 is 1. The summed E-state index contributed by atoms with van der Waals surface area (Å²) in [7, 11) is 1.63. The van der Waals surface area contributed by atoms with E-state index < -0.39 is 18.3 Å². The van der Waals surface area contributed by atoms with E-state index in [1.165, 1.54) is 4.57 Å². The van der Waals surface area contributed by atoms with Crippen molar-refractivity contribution in [2.45, 2.75) is 38.3 Å². The number of para-hydroxylation sites is 2. The van der Waals surface area contributed by atoms with Gasteiger partial charge in [-0.05, 0) is 31.9 Å². The molecule has 0 spiro atoms. The molecule has 2 saturated heterocycles. The number of ether oxygens (including phenoxy) is 2. The highest BCUT2D eigenvalue weighted by atomic mass is 19.3. The number of benzene rings is 1. The number of carbonyl (C=O) groups excluding carboxylic acids is 1. The lowest BCUT2D eigenvalue weighted by Crippen LogP contribution is -2.45. The summed E-state index contributed by atoms with van der Waals surface area (Å²) in [5.74, 6) is 0.512. The molecule has 2 fully saturated rings. The maximum atomic E-state index is 14.1. The molecule has 3 aromatic rings. The Kier molecular flexibility index (Phi) is 7.47. The molecule has 10 nitrogen and oxygen atoms in total. The second kappa shape index (κ2) is 10.9. The number of fused-ring (bicyclic) bond motifs is 1. The monoisotopic (exact) mass is 515 g/mol. The first-order chi connectivity index (χ1) is 18.0. The number of likely N-dealkylation sites (tertiary alicyclic amines) is 1. The van der Waals surface area contributed by atoms with E-state index in [1.807, 2.05) is 9.80 Å². The quantitative estimate of drug-likeness (QED) is 0.489. The van der Waals surface area contributed by atoms with Crippen LogP contribution in [0.4, 0.5) is 20.5 Å². The van der Waals surface area contributed by atoms with Gasteiger partial charge in [0.2, 0.25) is 11.9 Å². The number of morpholine rings is 1. The Balaban J connectivity index is 1.52. The van der Waals surface area contributed by atoms with Gasteiger partial charge in [-0.1, -0.05) is 12.1 Å². The van der Waals surface area contributed by atoms with E-state index in [2.05, 4.69) is 20.3 Å². The third-order valence-electron chi connectivity index (χ3n) is 6.78. The first-order valence-corrected chi connectivity index (χ1v) is 12.5. The number of carbonyl (C=O) groups is 1. The Morgan fingerprint density at radius 2 is 1.92 bits per heavy atom. The maximum Gasteiger partial charge on any atom is 0.296 e. The second-order valence-electron chi connectivity index (χ2n) is 9.25. The molecule has 0 radical (unpaired) electrons. The van der Waals surface area contributed by atoms with Gasteiger partial charge in [0.1, 0.15) is 17.7 Å². The number of aromatic nitrogens is 4. The van der Waals surface area contributed by atoms with Crippen LogP contribution in [0.5, 0.6) is 0 Å². The van der Waals surface area contributed by atoms with E-state index in [0.717, 1.165) is 12.8 Å². The minimum atomic E-state index is -2.81. The average Bonchev–Trinajstić information content (AvgIpc) is 3.53. The average molecular weight is 516 g/mol. The SMILES string of the molecule is COC[C@H]1CCCN1C(=O)[C@H](C)Nc1nc(N2CCOCC2)cc(-n2c(C(F)F)nc3ccccc32)n1. The molecule has 1 amide bonds. The summed E-state index contributed by atoms with van der Waals surface area (Å²) in [4.78, 5) is 30.5. The number of nitrogens with zero attached hydrogens (tertiary/aromatic N) is 6. The van der Waals surface area contributed by atoms with E-state index in [4.69, 9.17) is 9.47 Å². The predicted molar refractivity (Wildman–Crippen MR) is 134 cm³/mol. The maximum absolute atomic E-state index is 14.1. The number of amides is 1. The summed E-state index contributed by atoms with van der Waals surface area (Å²) in [6, 6.07) is 8.03. The Morgan fingerprint density at radius 1 is 1.16 bits per heavy atom. The molecule has 0 saturated carbocycles. The number of halogens is 2. The zero-order valence-corrected chi connectivity index (χ0v) is 20.9. The molecule has 2 aromatic heterocycles. The molecule has 1 N–H and O–H groups in total. The Labute approximate surface area is 213 Å². The largest absolute Gasteiger partial charge is 0.383 e. The molecule has 0 aliphatic carbocycles. The van der Waals surface area contributed by atoms with Gasteiger partial charge in [0.15, 0.2) is 5.82 Å². The van der Waals surface area contributed by atoms with E-state index >= 15 is 0 Å². The van der Waals surface area contributed by atoms with Crippen molar-refractivity contribution >= 4 is 28.7 Å². The smallest absolute Gasteiger partial charge is 0.296 e. The van der Waals surface area contributed by atoms with Crippen LogP contribution in [0.15, 0.2) is 30.3 Å². The molecule has 1 aromatic carbocycles. The van der Waals surface area contributed by atoms with Gasteiger partial charge in [0.25, 0.3) is 6.43 Å².